The van der Waals surface area contributed by atoms with Gasteiger partial charge in [-0.25, -0.2) is 0 Å². The molecular formula is C14H17N. The van der Waals surface area contributed by atoms with Crippen LogP contribution >= 0.6 is 0 Å². The molecule has 0 radical (unpaired) electrons. The molecule has 15 heavy (non-hydrogen) atoms. The van der Waals surface area contributed by atoms with Gasteiger partial charge in [-0.3, -0.25) is 0 Å². The number of hydrogen-bond donors (Lipinski definition) is 0. The van der Waals surface area contributed by atoms with Gasteiger partial charge in [0.2, 0.25) is 0 Å². The summed E-state index contributed by atoms with van der Waals surface area (Å²) >= 11 is 0. The standard InChI is InChI=1S/C14H17N/c1-11-9-12-7-5-6-8-13(12)10-15(11)14(2,3)4/h5-10H,1H2,2-4H3. The number of benzene rings is 1. The largest absolute Gasteiger partial charge is 0.343 e. The minimum absolute atomic E-state index is 0.0844. The first-order chi connectivity index (χ1) is 6.98. The van der Waals surface area contributed by atoms with Crippen LogP contribution in [0.4, 0.5) is 0 Å². The molecule has 1 nitrogen and oxygen atoms in total. The summed E-state index contributed by atoms with van der Waals surface area (Å²) in [5, 5.41) is 2.52. The lowest BCUT2D eigenvalue weighted by atomic mass is 10.0. The Bertz CT molecular complexity index is 503. The van der Waals surface area contributed by atoms with Gasteiger partial charge < -0.3 is 4.90 Å². The van der Waals surface area contributed by atoms with Gasteiger partial charge >= 0.3 is 0 Å². The highest BCUT2D eigenvalue weighted by Crippen LogP contribution is 2.20. The molecule has 0 atom stereocenters. The lowest BCUT2D eigenvalue weighted by Crippen LogP contribution is -2.42. The highest BCUT2D eigenvalue weighted by Gasteiger charge is 2.20. The predicted octanol–water partition coefficient (Wildman–Crippen LogP) is 1.83. The summed E-state index contributed by atoms with van der Waals surface area (Å²) in [6.45, 7) is 10.7. The lowest BCUT2D eigenvalue weighted by molar-refractivity contribution is 0.293. The Labute approximate surface area is 91.0 Å². The summed E-state index contributed by atoms with van der Waals surface area (Å²) in [7, 11) is 0. The Morgan fingerprint density at radius 2 is 1.67 bits per heavy atom. The molecule has 0 unspecified atom stereocenters. The Kier molecular flexibility index (Phi) is 2.18. The molecule has 0 spiro atoms. The maximum absolute atomic E-state index is 4.10. The van der Waals surface area contributed by atoms with E-state index < -0.39 is 0 Å². The van der Waals surface area contributed by atoms with Crippen molar-refractivity contribution >= 4 is 12.3 Å². The van der Waals surface area contributed by atoms with E-state index in [9.17, 15) is 0 Å². The van der Waals surface area contributed by atoms with Crippen molar-refractivity contribution in [2.45, 2.75) is 26.3 Å². The molecule has 0 amide bonds. The first kappa shape index (κ1) is 10.0. The van der Waals surface area contributed by atoms with Crippen molar-refractivity contribution in [3.8, 4) is 0 Å². The molecule has 0 bridgehead atoms. The molecule has 1 heterocycles. The van der Waals surface area contributed by atoms with E-state index in [0.717, 1.165) is 5.70 Å². The zero-order chi connectivity index (χ0) is 11.1. The maximum Gasteiger partial charge on any atom is 0.0361 e. The number of nitrogens with zero attached hydrogens (tertiary/aromatic N) is 1. The van der Waals surface area contributed by atoms with Crippen molar-refractivity contribution in [3.05, 3.63) is 47.0 Å². The van der Waals surface area contributed by atoms with Crippen LogP contribution in [0.25, 0.3) is 12.3 Å². The van der Waals surface area contributed by atoms with Gasteiger partial charge in [0.05, 0.1) is 0 Å². The molecule has 0 aliphatic carbocycles. The van der Waals surface area contributed by atoms with Gasteiger partial charge in [0.25, 0.3) is 0 Å². The topological polar surface area (TPSA) is 3.24 Å². The van der Waals surface area contributed by atoms with Gasteiger partial charge in [-0.1, -0.05) is 30.8 Å². The quantitative estimate of drug-likeness (QED) is 0.616. The van der Waals surface area contributed by atoms with Gasteiger partial charge in [-0.2, -0.15) is 0 Å². The number of hydrogen-bond acceptors (Lipinski definition) is 1. The number of fused-ring (bicyclic) bond motifs is 1. The van der Waals surface area contributed by atoms with Crippen LogP contribution in [-0.4, -0.2) is 10.4 Å². The minimum atomic E-state index is 0.0844. The van der Waals surface area contributed by atoms with E-state index in [-0.39, 0.29) is 5.54 Å². The van der Waals surface area contributed by atoms with E-state index in [1.165, 1.54) is 10.4 Å². The fraction of sp³-hybridized carbons (Fsp3) is 0.286. The van der Waals surface area contributed by atoms with Crippen LogP contribution in [0.3, 0.4) is 0 Å². The molecule has 0 fully saturated rings. The van der Waals surface area contributed by atoms with Gasteiger partial charge in [0.15, 0.2) is 0 Å². The predicted molar refractivity (Wildman–Crippen MR) is 65.4 cm³/mol. The van der Waals surface area contributed by atoms with E-state index in [2.05, 4.69) is 68.8 Å². The van der Waals surface area contributed by atoms with Gasteiger partial charge in [-0.05, 0) is 37.3 Å². The van der Waals surface area contributed by atoms with Crippen molar-refractivity contribution in [1.82, 2.24) is 4.90 Å². The Hall–Kier alpha value is -1.50. The molecule has 0 saturated carbocycles. The minimum Gasteiger partial charge on any atom is -0.343 e. The summed E-state index contributed by atoms with van der Waals surface area (Å²) in [6.07, 6.45) is 4.32. The highest BCUT2D eigenvalue weighted by molar-refractivity contribution is 5.53. The molecule has 78 valence electrons. The first-order valence-corrected chi connectivity index (χ1v) is 5.25. The Morgan fingerprint density at radius 3 is 2.27 bits per heavy atom. The van der Waals surface area contributed by atoms with Gasteiger partial charge in [0.1, 0.15) is 0 Å². The van der Waals surface area contributed by atoms with Crippen LogP contribution in [0.15, 0.2) is 36.5 Å². The number of allylic oxidation sites excluding steroid dienone is 1. The number of rotatable bonds is 0. The smallest absolute Gasteiger partial charge is 0.0361 e. The second-order valence-electron chi connectivity index (χ2n) is 4.93. The van der Waals surface area contributed by atoms with E-state index >= 15 is 0 Å². The van der Waals surface area contributed by atoms with E-state index in [1.807, 2.05) is 0 Å². The van der Waals surface area contributed by atoms with Gasteiger partial charge in [-0.15, -0.1) is 0 Å². The molecule has 0 saturated heterocycles. The summed E-state index contributed by atoms with van der Waals surface area (Å²) in [5.74, 6) is 0. The second-order valence-corrected chi connectivity index (χ2v) is 4.93. The highest BCUT2D eigenvalue weighted by atomic mass is 15.2. The molecule has 1 aromatic carbocycles. The molecule has 1 aliphatic rings. The average Bonchev–Trinajstić information content (AvgIpc) is 2.15. The van der Waals surface area contributed by atoms with Crippen LogP contribution in [0, 0.1) is 0 Å². The van der Waals surface area contributed by atoms with E-state index in [4.69, 9.17) is 0 Å². The Morgan fingerprint density at radius 1 is 1.07 bits per heavy atom. The summed E-state index contributed by atoms with van der Waals surface area (Å²) in [4.78, 5) is 2.22. The molecule has 1 aliphatic heterocycles. The van der Waals surface area contributed by atoms with Crippen molar-refractivity contribution in [3.63, 3.8) is 0 Å². The van der Waals surface area contributed by atoms with Crippen molar-refractivity contribution < 1.29 is 0 Å². The summed E-state index contributed by atoms with van der Waals surface area (Å²) < 4.78 is 0. The molecule has 2 rings (SSSR count). The summed E-state index contributed by atoms with van der Waals surface area (Å²) in [6, 6.07) is 8.38. The van der Waals surface area contributed by atoms with Crippen molar-refractivity contribution in [1.29, 1.82) is 0 Å². The van der Waals surface area contributed by atoms with Crippen LogP contribution in [0.2, 0.25) is 0 Å². The van der Waals surface area contributed by atoms with Crippen LogP contribution in [0.5, 0.6) is 0 Å². The first-order valence-electron chi connectivity index (χ1n) is 5.25. The second kappa shape index (κ2) is 3.27. The van der Waals surface area contributed by atoms with Crippen LogP contribution in [0.1, 0.15) is 20.8 Å². The summed E-state index contributed by atoms with van der Waals surface area (Å²) in [5.41, 5.74) is 1.14. The lowest BCUT2D eigenvalue weighted by Gasteiger charge is -2.36. The fourth-order valence-electron chi connectivity index (χ4n) is 1.86. The third kappa shape index (κ3) is 1.82. The SMILES string of the molecule is C=C1C=c2ccccc2=CN1C(C)(C)C. The van der Waals surface area contributed by atoms with E-state index in [1.54, 1.807) is 0 Å². The zero-order valence-electron chi connectivity index (χ0n) is 9.62. The molecule has 1 heteroatoms. The zero-order valence-corrected chi connectivity index (χ0v) is 9.62. The fourth-order valence-corrected chi connectivity index (χ4v) is 1.86. The molecular weight excluding hydrogens is 182 g/mol. The van der Waals surface area contributed by atoms with Crippen LogP contribution < -0.4 is 10.4 Å². The van der Waals surface area contributed by atoms with E-state index in [0.29, 0.717) is 0 Å². The third-order valence-corrected chi connectivity index (χ3v) is 2.62. The van der Waals surface area contributed by atoms with Crippen LogP contribution in [-0.2, 0) is 0 Å². The third-order valence-electron chi connectivity index (χ3n) is 2.62. The van der Waals surface area contributed by atoms with Gasteiger partial charge in [0, 0.05) is 17.4 Å². The Balaban J connectivity index is 2.62. The molecule has 1 aromatic rings. The van der Waals surface area contributed by atoms with Crippen molar-refractivity contribution in [2.24, 2.45) is 0 Å². The average molecular weight is 199 g/mol. The maximum atomic E-state index is 4.10. The van der Waals surface area contributed by atoms with Crippen molar-refractivity contribution in [2.75, 3.05) is 0 Å². The normalized spacial score (nSPS) is 15.4. The molecule has 0 aromatic heterocycles. The molecule has 0 N–H and O–H groups in total. The monoisotopic (exact) mass is 199 g/mol.